The summed E-state index contributed by atoms with van der Waals surface area (Å²) >= 11 is 3.61. The lowest BCUT2D eigenvalue weighted by molar-refractivity contribution is 0.300. The molecule has 0 bridgehead atoms. The van der Waals surface area contributed by atoms with Gasteiger partial charge in [-0.1, -0.05) is 53.4 Å². The van der Waals surface area contributed by atoms with Gasteiger partial charge in [-0.05, 0) is 31.5 Å². The summed E-state index contributed by atoms with van der Waals surface area (Å²) in [4.78, 5) is 2.38. The molecule has 19 heavy (non-hydrogen) atoms. The maximum atomic E-state index is 3.70. The van der Waals surface area contributed by atoms with Gasteiger partial charge in [0.25, 0.3) is 0 Å². The number of benzene rings is 1. The second-order valence-corrected chi connectivity index (χ2v) is 6.47. The van der Waals surface area contributed by atoms with Crippen molar-refractivity contribution in [3.8, 4) is 0 Å². The van der Waals surface area contributed by atoms with E-state index in [1.54, 1.807) is 0 Å². The van der Waals surface area contributed by atoms with E-state index in [-0.39, 0.29) is 0 Å². The van der Waals surface area contributed by atoms with E-state index < -0.39 is 0 Å². The van der Waals surface area contributed by atoms with Crippen molar-refractivity contribution in [1.82, 2.24) is 10.2 Å². The molecule has 1 saturated carbocycles. The molecular weight excluding hydrogens is 300 g/mol. The highest BCUT2D eigenvalue weighted by atomic mass is 79.9. The van der Waals surface area contributed by atoms with Crippen molar-refractivity contribution < 1.29 is 0 Å². The van der Waals surface area contributed by atoms with Gasteiger partial charge in [-0.2, -0.15) is 0 Å². The number of nitrogens with zero attached hydrogens (tertiary/aromatic N) is 1. The highest BCUT2D eigenvalue weighted by Gasteiger charge is 2.12. The minimum Gasteiger partial charge on any atom is -0.313 e. The highest BCUT2D eigenvalue weighted by Crippen LogP contribution is 2.18. The van der Waals surface area contributed by atoms with Crippen LogP contribution in [0.25, 0.3) is 0 Å². The molecule has 106 valence electrons. The molecule has 0 radical (unpaired) electrons. The van der Waals surface area contributed by atoms with Crippen molar-refractivity contribution in [3.63, 3.8) is 0 Å². The maximum absolute atomic E-state index is 3.70. The van der Waals surface area contributed by atoms with Gasteiger partial charge in [-0.25, -0.2) is 0 Å². The van der Waals surface area contributed by atoms with Crippen LogP contribution in [0.15, 0.2) is 28.7 Å². The third kappa shape index (κ3) is 5.25. The lowest BCUT2D eigenvalue weighted by atomic mass is 9.95. The Bertz CT molecular complexity index is 375. The summed E-state index contributed by atoms with van der Waals surface area (Å²) in [6.07, 6.45) is 6.98. The molecule has 0 atom stereocenters. The fraction of sp³-hybridized carbons (Fsp3) is 0.625. The number of halogens is 1. The van der Waals surface area contributed by atoms with E-state index in [0.29, 0.717) is 0 Å². The molecule has 1 aliphatic rings. The van der Waals surface area contributed by atoms with Crippen LogP contribution in [0.2, 0.25) is 0 Å². The van der Waals surface area contributed by atoms with E-state index in [2.05, 4.69) is 57.5 Å². The second kappa shape index (κ2) is 8.03. The average Bonchev–Trinajstić information content (AvgIpc) is 2.43. The summed E-state index contributed by atoms with van der Waals surface area (Å²) in [6, 6.07) is 9.25. The predicted octanol–water partition coefficient (Wildman–Crippen LogP) is 3.80. The van der Waals surface area contributed by atoms with Crippen molar-refractivity contribution in [3.05, 3.63) is 34.3 Å². The third-order valence-corrected chi connectivity index (χ3v) is 4.70. The zero-order valence-corrected chi connectivity index (χ0v) is 13.5. The van der Waals surface area contributed by atoms with Crippen molar-refractivity contribution in [2.45, 2.75) is 44.7 Å². The van der Waals surface area contributed by atoms with Crippen LogP contribution in [-0.4, -0.2) is 31.1 Å². The summed E-state index contributed by atoms with van der Waals surface area (Å²) in [5, 5.41) is 3.70. The molecule has 2 nitrogen and oxygen atoms in total. The third-order valence-electron chi connectivity index (χ3n) is 3.93. The topological polar surface area (TPSA) is 15.3 Å². The first kappa shape index (κ1) is 15.0. The number of hydrogen-bond acceptors (Lipinski definition) is 2. The summed E-state index contributed by atoms with van der Waals surface area (Å²) in [6.45, 7) is 3.22. The Morgan fingerprint density at radius 2 is 1.95 bits per heavy atom. The van der Waals surface area contributed by atoms with Crippen LogP contribution in [0.4, 0.5) is 0 Å². The fourth-order valence-electron chi connectivity index (χ4n) is 2.76. The zero-order valence-electron chi connectivity index (χ0n) is 11.9. The van der Waals surface area contributed by atoms with Crippen molar-refractivity contribution in [2.75, 3.05) is 20.1 Å². The Morgan fingerprint density at radius 3 is 2.68 bits per heavy atom. The van der Waals surface area contributed by atoms with Crippen molar-refractivity contribution in [1.29, 1.82) is 0 Å². The van der Waals surface area contributed by atoms with Crippen molar-refractivity contribution >= 4 is 15.9 Å². The highest BCUT2D eigenvalue weighted by molar-refractivity contribution is 9.10. The molecule has 1 aliphatic carbocycles. The molecule has 0 amide bonds. The summed E-state index contributed by atoms with van der Waals surface area (Å²) in [5.41, 5.74) is 1.36. The molecule has 2 rings (SSSR count). The minimum atomic E-state index is 0.769. The average molecular weight is 325 g/mol. The number of likely N-dealkylation sites (N-methyl/N-ethyl adjacent to an activating group) is 1. The van der Waals surface area contributed by atoms with Crippen LogP contribution >= 0.6 is 15.9 Å². The van der Waals surface area contributed by atoms with Crippen molar-refractivity contribution in [2.24, 2.45) is 0 Å². The first-order valence-corrected chi connectivity index (χ1v) is 8.20. The molecular formula is C16H25BrN2. The Kier molecular flexibility index (Phi) is 6.35. The lowest BCUT2D eigenvalue weighted by Crippen LogP contribution is -2.36. The molecule has 0 heterocycles. The molecule has 0 saturated heterocycles. The Balaban J connectivity index is 1.67. The van der Waals surface area contributed by atoms with Crippen LogP contribution < -0.4 is 5.32 Å². The zero-order chi connectivity index (χ0) is 13.5. The molecule has 0 spiro atoms. The smallest absolute Gasteiger partial charge is 0.0242 e. The fourth-order valence-corrected chi connectivity index (χ4v) is 3.17. The van der Waals surface area contributed by atoms with Gasteiger partial charge in [-0.15, -0.1) is 0 Å². The van der Waals surface area contributed by atoms with E-state index in [0.717, 1.165) is 25.7 Å². The first-order chi connectivity index (χ1) is 9.25. The standard InChI is InChI=1S/C16H25BrN2/c1-19(13-14-7-5-6-10-16(14)17)12-11-18-15-8-3-2-4-9-15/h5-7,10,15,18H,2-4,8-9,11-13H2,1H3. The lowest BCUT2D eigenvalue weighted by Gasteiger charge is -2.24. The van der Waals surface area contributed by atoms with E-state index in [1.165, 1.54) is 42.1 Å². The van der Waals surface area contributed by atoms with Crippen LogP contribution in [0.1, 0.15) is 37.7 Å². The van der Waals surface area contributed by atoms with Crippen LogP contribution in [0.5, 0.6) is 0 Å². The minimum absolute atomic E-state index is 0.769. The number of nitrogens with one attached hydrogen (secondary N) is 1. The van der Waals surface area contributed by atoms with Gasteiger partial charge in [0, 0.05) is 30.1 Å². The molecule has 1 aromatic rings. The quantitative estimate of drug-likeness (QED) is 0.856. The normalized spacial score (nSPS) is 17.0. The van der Waals surface area contributed by atoms with Crippen LogP contribution in [0.3, 0.4) is 0 Å². The Hall–Kier alpha value is -0.380. The van der Waals surface area contributed by atoms with Crippen LogP contribution in [0, 0.1) is 0 Å². The Labute approximate surface area is 125 Å². The van der Waals surface area contributed by atoms with Crippen LogP contribution in [-0.2, 0) is 6.54 Å². The van der Waals surface area contributed by atoms with Gasteiger partial charge >= 0.3 is 0 Å². The van der Waals surface area contributed by atoms with Gasteiger partial charge in [0.05, 0.1) is 0 Å². The van der Waals surface area contributed by atoms with Gasteiger partial charge in [0.1, 0.15) is 0 Å². The second-order valence-electron chi connectivity index (χ2n) is 5.62. The molecule has 0 aromatic heterocycles. The molecule has 1 aromatic carbocycles. The van der Waals surface area contributed by atoms with E-state index >= 15 is 0 Å². The van der Waals surface area contributed by atoms with E-state index in [1.807, 2.05) is 0 Å². The van der Waals surface area contributed by atoms with Gasteiger partial charge < -0.3 is 10.2 Å². The summed E-state index contributed by atoms with van der Waals surface area (Å²) < 4.78 is 1.21. The molecule has 3 heteroatoms. The SMILES string of the molecule is CN(CCNC1CCCCC1)Cc1ccccc1Br. The largest absolute Gasteiger partial charge is 0.313 e. The molecule has 1 fully saturated rings. The first-order valence-electron chi connectivity index (χ1n) is 7.41. The van der Waals surface area contributed by atoms with Gasteiger partial charge in [0.15, 0.2) is 0 Å². The Morgan fingerprint density at radius 1 is 1.21 bits per heavy atom. The molecule has 0 unspecified atom stereocenters. The predicted molar refractivity (Wildman–Crippen MR) is 85.4 cm³/mol. The summed E-state index contributed by atoms with van der Waals surface area (Å²) in [7, 11) is 2.20. The molecule has 1 N–H and O–H groups in total. The van der Waals surface area contributed by atoms with E-state index in [4.69, 9.17) is 0 Å². The van der Waals surface area contributed by atoms with E-state index in [9.17, 15) is 0 Å². The summed E-state index contributed by atoms with van der Waals surface area (Å²) in [5.74, 6) is 0. The van der Waals surface area contributed by atoms with Gasteiger partial charge in [-0.3, -0.25) is 0 Å². The monoisotopic (exact) mass is 324 g/mol. The van der Waals surface area contributed by atoms with Gasteiger partial charge in [0.2, 0.25) is 0 Å². The maximum Gasteiger partial charge on any atom is 0.0242 e. The number of rotatable bonds is 6. The molecule has 0 aliphatic heterocycles. The number of hydrogen-bond donors (Lipinski definition) is 1.